The molecule has 2 nitrogen and oxygen atoms in total. The highest BCUT2D eigenvalue weighted by atomic mass is 16.3. The summed E-state index contributed by atoms with van der Waals surface area (Å²) in [6.07, 6.45) is 2.79. The number of hydrogen-bond acceptors (Lipinski definition) is 2. The lowest BCUT2D eigenvalue weighted by atomic mass is 10.1. The second kappa shape index (κ2) is 5.69. The van der Waals surface area contributed by atoms with E-state index in [1.165, 1.54) is 11.1 Å². The second-order valence-corrected chi connectivity index (χ2v) is 4.50. The first-order valence-corrected chi connectivity index (χ1v) is 6.06. The summed E-state index contributed by atoms with van der Waals surface area (Å²) >= 11 is 0. The molecule has 0 fully saturated rings. The lowest BCUT2D eigenvalue weighted by molar-refractivity contribution is 0.451. The summed E-state index contributed by atoms with van der Waals surface area (Å²) in [5.74, 6) is 1.03. The minimum atomic E-state index is 0.446. The van der Waals surface area contributed by atoms with Gasteiger partial charge in [-0.15, -0.1) is 0 Å². The lowest BCUT2D eigenvalue weighted by Gasteiger charge is -2.13. The van der Waals surface area contributed by atoms with E-state index in [9.17, 15) is 0 Å². The standard InChI is InChI=1S/C15H19NO/c1-12-8-9-17-15(12)11-16-13(2)10-14-6-4-3-5-7-14/h3-9,13,16H,10-11H2,1-2H3. The average Bonchev–Trinajstić information content (AvgIpc) is 2.74. The molecule has 0 saturated carbocycles. The van der Waals surface area contributed by atoms with Crippen LogP contribution < -0.4 is 5.32 Å². The van der Waals surface area contributed by atoms with Gasteiger partial charge in [0.2, 0.25) is 0 Å². The van der Waals surface area contributed by atoms with Crippen molar-refractivity contribution in [2.24, 2.45) is 0 Å². The van der Waals surface area contributed by atoms with Crippen LogP contribution in [-0.4, -0.2) is 6.04 Å². The molecule has 0 radical (unpaired) electrons. The van der Waals surface area contributed by atoms with Gasteiger partial charge in [-0.3, -0.25) is 0 Å². The molecule has 1 unspecified atom stereocenters. The summed E-state index contributed by atoms with van der Waals surface area (Å²) in [7, 11) is 0. The summed E-state index contributed by atoms with van der Waals surface area (Å²) in [6.45, 7) is 5.07. The summed E-state index contributed by atoms with van der Waals surface area (Å²) in [5.41, 5.74) is 2.58. The zero-order valence-electron chi connectivity index (χ0n) is 10.4. The molecule has 90 valence electrons. The Kier molecular flexibility index (Phi) is 3.99. The maximum atomic E-state index is 5.40. The Morgan fingerprint density at radius 3 is 2.59 bits per heavy atom. The van der Waals surface area contributed by atoms with Crippen molar-refractivity contribution in [1.82, 2.24) is 5.32 Å². The highest BCUT2D eigenvalue weighted by Crippen LogP contribution is 2.09. The van der Waals surface area contributed by atoms with Crippen LogP contribution in [0.1, 0.15) is 23.8 Å². The molecule has 1 atom stereocenters. The van der Waals surface area contributed by atoms with Gasteiger partial charge in [-0.25, -0.2) is 0 Å². The molecule has 2 rings (SSSR count). The molecule has 1 aromatic heterocycles. The predicted molar refractivity (Wildman–Crippen MR) is 69.9 cm³/mol. The van der Waals surface area contributed by atoms with Crippen LogP contribution in [0.2, 0.25) is 0 Å². The summed E-state index contributed by atoms with van der Waals surface area (Å²) in [4.78, 5) is 0. The topological polar surface area (TPSA) is 25.2 Å². The van der Waals surface area contributed by atoms with Gasteiger partial charge in [0, 0.05) is 6.04 Å². The fourth-order valence-corrected chi connectivity index (χ4v) is 1.89. The van der Waals surface area contributed by atoms with Gasteiger partial charge in [-0.05, 0) is 37.5 Å². The van der Waals surface area contributed by atoms with Crippen LogP contribution in [0.15, 0.2) is 47.1 Å². The monoisotopic (exact) mass is 229 g/mol. The number of furan rings is 1. The van der Waals surface area contributed by atoms with Crippen LogP contribution in [0.5, 0.6) is 0 Å². The van der Waals surface area contributed by atoms with E-state index in [0.717, 1.165) is 18.7 Å². The van der Waals surface area contributed by atoms with E-state index < -0.39 is 0 Å². The molecule has 2 aromatic rings. The van der Waals surface area contributed by atoms with Crippen molar-refractivity contribution in [3.05, 3.63) is 59.5 Å². The van der Waals surface area contributed by atoms with Crippen LogP contribution in [0.25, 0.3) is 0 Å². The molecule has 0 saturated heterocycles. The van der Waals surface area contributed by atoms with Crippen molar-refractivity contribution in [2.75, 3.05) is 0 Å². The number of aryl methyl sites for hydroxylation is 1. The van der Waals surface area contributed by atoms with Crippen molar-refractivity contribution < 1.29 is 4.42 Å². The highest BCUT2D eigenvalue weighted by Gasteiger charge is 2.06. The molecule has 0 amide bonds. The Hall–Kier alpha value is -1.54. The average molecular weight is 229 g/mol. The van der Waals surface area contributed by atoms with Crippen molar-refractivity contribution in [1.29, 1.82) is 0 Å². The largest absolute Gasteiger partial charge is 0.468 e. The molecule has 0 aliphatic heterocycles. The third-order valence-electron chi connectivity index (χ3n) is 2.96. The van der Waals surface area contributed by atoms with Crippen molar-refractivity contribution in [3.63, 3.8) is 0 Å². The lowest BCUT2D eigenvalue weighted by Crippen LogP contribution is -2.27. The molecular weight excluding hydrogens is 210 g/mol. The molecular formula is C15H19NO. The molecule has 2 heteroatoms. The Morgan fingerprint density at radius 1 is 1.18 bits per heavy atom. The first-order valence-electron chi connectivity index (χ1n) is 6.06. The van der Waals surface area contributed by atoms with Gasteiger partial charge in [0.15, 0.2) is 0 Å². The third kappa shape index (κ3) is 3.46. The predicted octanol–water partition coefficient (Wildman–Crippen LogP) is 3.31. The minimum Gasteiger partial charge on any atom is -0.468 e. The Balaban J connectivity index is 1.82. The quantitative estimate of drug-likeness (QED) is 0.851. The van der Waals surface area contributed by atoms with E-state index in [4.69, 9.17) is 4.42 Å². The van der Waals surface area contributed by atoms with Crippen molar-refractivity contribution >= 4 is 0 Å². The molecule has 0 aliphatic carbocycles. The molecule has 0 bridgehead atoms. The van der Waals surface area contributed by atoms with Crippen molar-refractivity contribution in [3.8, 4) is 0 Å². The van der Waals surface area contributed by atoms with Gasteiger partial charge >= 0.3 is 0 Å². The molecule has 17 heavy (non-hydrogen) atoms. The van der Waals surface area contributed by atoms with Crippen LogP contribution in [0.4, 0.5) is 0 Å². The van der Waals surface area contributed by atoms with E-state index in [1.807, 2.05) is 12.1 Å². The SMILES string of the molecule is Cc1ccoc1CNC(C)Cc1ccccc1. The molecule has 1 aromatic carbocycles. The first kappa shape index (κ1) is 11.9. The zero-order chi connectivity index (χ0) is 12.1. The van der Waals surface area contributed by atoms with E-state index in [2.05, 4.69) is 43.4 Å². The van der Waals surface area contributed by atoms with Gasteiger partial charge in [-0.2, -0.15) is 0 Å². The summed E-state index contributed by atoms with van der Waals surface area (Å²) in [6, 6.07) is 13.0. The summed E-state index contributed by atoms with van der Waals surface area (Å²) < 4.78 is 5.40. The second-order valence-electron chi connectivity index (χ2n) is 4.50. The number of nitrogens with one attached hydrogen (secondary N) is 1. The number of rotatable bonds is 5. The highest BCUT2D eigenvalue weighted by molar-refractivity contribution is 5.16. The smallest absolute Gasteiger partial charge is 0.120 e. The third-order valence-corrected chi connectivity index (χ3v) is 2.96. The van der Waals surface area contributed by atoms with E-state index in [1.54, 1.807) is 6.26 Å². The Labute approximate surface area is 103 Å². The molecule has 0 spiro atoms. The van der Waals surface area contributed by atoms with Crippen LogP contribution >= 0.6 is 0 Å². The minimum absolute atomic E-state index is 0.446. The molecule has 1 heterocycles. The number of benzene rings is 1. The van der Waals surface area contributed by atoms with E-state index in [0.29, 0.717) is 6.04 Å². The fraction of sp³-hybridized carbons (Fsp3) is 0.333. The van der Waals surface area contributed by atoms with Gasteiger partial charge in [-0.1, -0.05) is 30.3 Å². The molecule has 1 N–H and O–H groups in total. The van der Waals surface area contributed by atoms with Gasteiger partial charge in [0.25, 0.3) is 0 Å². The van der Waals surface area contributed by atoms with Crippen LogP contribution in [-0.2, 0) is 13.0 Å². The maximum absolute atomic E-state index is 5.40. The van der Waals surface area contributed by atoms with Gasteiger partial charge in [0.05, 0.1) is 12.8 Å². The van der Waals surface area contributed by atoms with E-state index >= 15 is 0 Å². The fourth-order valence-electron chi connectivity index (χ4n) is 1.89. The Bertz CT molecular complexity index is 447. The Morgan fingerprint density at radius 2 is 1.94 bits per heavy atom. The van der Waals surface area contributed by atoms with Crippen LogP contribution in [0.3, 0.4) is 0 Å². The first-order chi connectivity index (χ1) is 8.25. The van der Waals surface area contributed by atoms with Crippen molar-refractivity contribution in [2.45, 2.75) is 32.9 Å². The van der Waals surface area contributed by atoms with E-state index in [-0.39, 0.29) is 0 Å². The van der Waals surface area contributed by atoms with Gasteiger partial charge in [0.1, 0.15) is 5.76 Å². The molecule has 0 aliphatic rings. The number of hydrogen-bond donors (Lipinski definition) is 1. The summed E-state index contributed by atoms with van der Waals surface area (Å²) in [5, 5.41) is 3.48. The maximum Gasteiger partial charge on any atom is 0.120 e. The van der Waals surface area contributed by atoms with Crippen LogP contribution in [0, 0.1) is 6.92 Å². The zero-order valence-corrected chi connectivity index (χ0v) is 10.4. The normalized spacial score (nSPS) is 12.6. The van der Waals surface area contributed by atoms with Gasteiger partial charge < -0.3 is 9.73 Å².